The van der Waals surface area contributed by atoms with Crippen LogP contribution in [0.3, 0.4) is 0 Å². The standard InChI is InChI=1S/C18H29N3/c1-2-19-12-15-9-10-17(20-13-15)14-21-11-5-8-18(21)16-6-3-4-7-16/h9-10,13,16,18-19H,2-8,11-12,14H2,1H3. The van der Waals surface area contributed by atoms with Crippen molar-refractivity contribution in [1.29, 1.82) is 0 Å². The lowest BCUT2D eigenvalue weighted by Crippen LogP contribution is -2.34. The number of nitrogens with one attached hydrogen (secondary N) is 1. The molecule has 3 nitrogen and oxygen atoms in total. The van der Waals surface area contributed by atoms with Gasteiger partial charge in [-0.15, -0.1) is 0 Å². The molecule has 1 aromatic rings. The summed E-state index contributed by atoms with van der Waals surface area (Å²) in [7, 11) is 0. The summed E-state index contributed by atoms with van der Waals surface area (Å²) in [5.41, 5.74) is 2.52. The van der Waals surface area contributed by atoms with Gasteiger partial charge >= 0.3 is 0 Å². The van der Waals surface area contributed by atoms with Crippen LogP contribution in [-0.4, -0.2) is 29.0 Å². The Bertz CT molecular complexity index is 423. The number of hydrogen-bond donors (Lipinski definition) is 1. The molecule has 0 radical (unpaired) electrons. The van der Waals surface area contributed by atoms with Gasteiger partial charge in [-0.1, -0.05) is 25.8 Å². The maximum atomic E-state index is 4.67. The van der Waals surface area contributed by atoms with E-state index in [4.69, 9.17) is 0 Å². The largest absolute Gasteiger partial charge is 0.313 e. The van der Waals surface area contributed by atoms with Gasteiger partial charge in [0.05, 0.1) is 5.69 Å². The number of likely N-dealkylation sites (tertiary alicyclic amines) is 1. The number of rotatable bonds is 6. The van der Waals surface area contributed by atoms with Gasteiger partial charge in [0, 0.05) is 25.3 Å². The SMILES string of the molecule is CCNCc1ccc(CN2CCCC2C2CCCC2)nc1. The molecular weight excluding hydrogens is 258 g/mol. The van der Waals surface area contributed by atoms with Crippen LogP contribution >= 0.6 is 0 Å². The normalized spacial score (nSPS) is 24.0. The van der Waals surface area contributed by atoms with Crippen molar-refractivity contribution in [3.63, 3.8) is 0 Å². The highest BCUT2D eigenvalue weighted by Gasteiger charge is 2.33. The van der Waals surface area contributed by atoms with E-state index in [0.29, 0.717) is 0 Å². The molecule has 3 rings (SSSR count). The minimum Gasteiger partial charge on any atom is -0.313 e. The molecule has 1 unspecified atom stereocenters. The van der Waals surface area contributed by atoms with Crippen molar-refractivity contribution in [3.05, 3.63) is 29.6 Å². The van der Waals surface area contributed by atoms with Crippen LogP contribution < -0.4 is 5.32 Å². The Morgan fingerprint density at radius 1 is 1.19 bits per heavy atom. The van der Waals surface area contributed by atoms with Crippen LogP contribution in [0.15, 0.2) is 18.3 Å². The Balaban J connectivity index is 1.57. The van der Waals surface area contributed by atoms with E-state index in [1.54, 1.807) is 0 Å². The summed E-state index contributed by atoms with van der Waals surface area (Å²) in [4.78, 5) is 7.37. The fourth-order valence-electron chi connectivity index (χ4n) is 4.05. The molecule has 2 aliphatic rings. The van der Waals surface area contributed by atoms with Crippen molar-refractivity contribution in [2.45, 2.75) is 64.6 Å². The Labute approximate surface area is 129 Å². The second-order valence-electron chi connectivity index (χ2n) is 6.66. The van der Waals surface area contributed by atoms with Gasteiger partial charge in [-0.3, -0.25) is 9.88 Å². The van der Waals surface area contributed by atoms with Crippen LogP contribution in [0.4, 0.5) is 0 Å². The van der Waals surface area contributed by atoms with Crippen LogP contribution in [-0.2, 0) is 13.1 Å². The van der Waals surface area contributed by atoms with Gasteiger partial charge in [0.25, 0.3) is 0 Å². The summed E-state index contributed by atoms with van der Waals surface area (Å²) in [6.45, 7) is 6.39. The van der Waals surface area contributed by atoms with Crippen LogP contribution in [0.1, 0.15) is 56.7 Å². The fourth-order valence-corrected chi connectivity index (χ4v) is 4.05. The molecular formula is C18H29N3. The van der Waals surface area contributed by atoms with Crippen molar-refractivity contribution in [3.8, 4) is 0 Å². The van der Waals surface area contributed by atoms with Crippen LogP contribution in [0.5, 0.6) is 0 Å². The highest BCUT2D eigenvalue weighted by molar-refractivity contribution is 5.14. The highest BCUT2D eigenvalue weighted by Crippen LogP contribution is 2.35. The third-order valence-electron chi connectivity index (χ3n) is 5.19. The molecule has 2 heterocycles. The molecule has 1 aromatic heterocycles. The van der Waals surface area contributed by atoms with Crippen LogP contribution in [0.25, 0.3) is 0 Å². The second-order valence-corrected chi connectivity index (χ2v) is 6.66. The van der Waals surface area contributed by atoms with Crippen molar-refractivity contribution in [1.82, 2.24) is 15.2 Å². The Kier molecular flexibility index (Phi) is 5.26. The second kappa shape index (κ2) is 7.37. The summed E-state index contributed by atoms with van der Waals surface area (Å²) < 4.78 is 0. The quantitative estimate of drug-likeness (QED) is 0.869. The first-order valence-corrected chi connectivity index (χ1v) is 8.75. The molecule has 0 aromatic carbocycles. The molecule has 3 heteroatoms. The van der Waals surface area contributed by atoms with E-state index in [-0.39, 0.29) is 0 Å². The average Bonchev–Trinajstić information content (AvgIpc) is 3.17. The lowest BCUT2D eigenvalue weighted by Gasteiger charge is -2.29. The molecule has 2 fully saturated rings. The minimum atomic E-state index is 0.829. The summed E-state index contributed by atoms with van der Waals surface area (Å²) >= 11 is 0. The lowest BCUT2D eigenvalue weighted by molar-refractivity contribution is 0.181. The Morgan fingerprint density at radius 2 is 2.05 bits per heavy atom. The zero-order valence-corrected chi connectivity index (χ0v) is 13.4. The number of aromatic nitrogens is 1. The first-order chi connectivity index (χ1) is 10.4. The Hall–Kier alpha value is -0.930. The summed E-state index contributed by atoms with van der Waals surface area (Å²) in [5.74, 6) is 0.959. The molecule has 1 N–H and O–H groups in total. The molecule has 1 saturated heterocycles. The van der Waals surface area contributed by atoms with E-state index < -0.39 is 0 Å². The maximum Gasteiger partial charge on any atom is 0.0544 e. The molecule has 1 aliphatic heterocycles. The van der Waals surface area contributed by atoms with Gasteiger partial charge in [0.1, 0.15) is 0 Å². The van der Waals surface area contributed by atoms with Crippen molar-refractivity contribution >= 4 is 0 Å². The van der Waals surface area contributed by atoms with E-state index in [9.17, 15) is 0 Å². The van der Waals surface area contributed by atoms with Gasteiger partial charge in [-0.2, -0.15) is 0 Å². The van der Waals surface area contributed by atoms with Gasteiger partial charge in [-0.05, 0) is 56.3 Å². The predicted molar refractivity (Wildman–Crippen MR) is 87.0 cm³/mol. The van der Waals surface area contributed by atoms with Crippen molar-refractivity contribution in [2.24, 2.45) is 5.92 Å². The van der Waals surface area contributed by atoms with E-state index in [0.717, 1.165) is 31.6 Å². The summed E-state index contributed by atoms with van der Waals surface area (Å²) in [6, 6.07) is 5.28. The Morgan fingerprint density at radius 3 is 2.76 bits per heavy atom. The molecule has 1 saturated carbocycles. The topological polar surface area (TPSA) is 28.2 Å². The molecule has 116 valence electrons. The van der Waals surface area contributed by atoms with Crippen molar-refractivity contribution < 1.29 is 0 Å². The van der Waals surface area contributed by atoms with E-state index in [2.05, 4.69) is 34.3 Å². The van der Waals surface area contributed by atoms with Crippen molar-refractivity contribution in [2.75, 3.05) is 13.1 Å². The van der Waals surface area contributed by atoms with Gasteiger partial charge in [0.2, 0.25) is 0 Å². The van der Waals surface area contributed by atoms with E-state index in [1.807, 2.05) is 6.20 Å². The van der Waals surface area contributed by atoms with E-state index >= 15 is 0 Å². The number of nitrogens with zero attached hydrogens (tertiary/aromatic N) is 2. The zero-order chi connectivity index (χ0) is 14.5. The van der Waals surface area contributed by atoms with Crippen LogP contribution in [0, 0.1) is 5.92 Å². The molecule has 0 amide bonds. The van der Waals surface area contributed by atoms with Gasteiger partial charge in [0.15, 0.2) is 0 Å². The maximum absolute atomic E-state index is 4.67. The molecule has 0 bridgehead atoms. The number of pyridine rings is 1. The smallest absolute Gasteiger partial charge is 0.0544 e. The zero-order valence-electron chi connectivity index (χ0n) is 13.4. The molecule has 1 aliphatic carbocycles. The monoisotopic (exact) mass is 287 g/mol. The summed E-state index contributed by atoms with van der Waals surface area (Å²) in [5, 5.41) is 3.35. The molecule has 0 spiro atoms. The third kappa shape index (κ3) is 3.83. The van der Waals surface area contributed by atoms with E-state index in [1.165, 1.54) is 56.3 Å². The fraction of sp³-hybridized carbons (Fsp3) is 0.722. The molecule has 1 atom stereocenters. The summed E-state index contributed by atoms with van der Waals surface area (Å²) in [6.07, 6.45) is 10.6. The molecule has 21 heavy (non-hydrogen) atoms. The average molecular weight is 287 g/mol. The minimum absolute atomic E-state index is 0.829. The van der Waals surface area contributed by atoms with Gasteiger partial charge < -0.3 is 5.32 Å². The van der Waals surface area contributed by atoms with Gasteiger partial charge in [-0.25, -0.2) is 0 Å². The number of hydrogen-bond acceptors (Lipinski definition) is 3. The first kappa shape index (κ1) is 15.0. The first-order valence-electron chi connectivity index (χ1n) is 8.75. The third-order valence-corrected chi connectivity index (χ3v) is 5.19. The lowest BCUT2D eigenvalue weighted by atomic mass is 9.96. The highest BCUT2D eigenvalue weighted by atomic mass is 15.2. The van der Waals surface area contributed by atoms with Crippen LogP contribution in [0.2, 0.25) is 0 Å². The predicted octanol–water partition coefficient (Wildman–Crippen LogP) is 3.35.